The van der Waals surface area contributed by atoms with E-state index in [2.05, 4.69) is 43.0 Å². The van der Waals surface area contributed by atoms with Gasteiger partial charge in [-0.25, -0.2) is 0 Å². The molecule has 0 radical (unpaired) electrons. The van der Waals surface area contributed by atoms with Crippen molar-refractivity contribution in [3.63, 3.8) is 0 Å². The second-order valence-corrected chi connectivity index (χ2v) is 6.11. The van der Waals surface area contributed by atoms with Gasteiger partial charge in [-0.15, -0.1) is 0 Å². The average molecular weight is 249 g/mol. The molecule has 1 saturated heterocycles. The first-order chi connectivity index (χ1) is 8.35. The van der Waals surface area contributed by atoms with Crippen molar-refractivity contribution in [1.29, 1.82) is 0 Å². The van der Waals surface area contributed by atoms with Crippen LogP contribution in [0.15, 0.2) is 24.3 Å². The quantitative estimate of drug-likeness (QED) is 0.884. The van der Waals surface area contributed by atoms with E-state index >= 15 is 0 Å². The molecule has 2 heteroatoms. The Hall–Kier alpha value is -0.470. The molecule has 0 bridgehead atoms. The molecule has 2 N–H and O–H groups in total. The molecule has 0 aromatic heterocycles. The maximum atomic E-state index is 6.00. The van der Waals surface area contributed by atoms with Gasteiger partial charge in [-0.3, -0.25) is 0 Å². The van der Waals surface area contributed by atoms with E-state index in [0.29, 0.717) is 5.92 Å². The van der Waals surface area contributed by atoms with E-state index in [0.717, 1.165) is 18.9 Å². The molecule has 1 aromatic rings. The molecule has 1 aromatic carbocycles. The lowest BCUT2D eigenvalue weighted by Gasteiger charge is -2.29. The van der Waals surface area contributed by atoms with Gasteiger partial charge in [-0.1, -0.05) is 31.2 Å². The second kappa shape index (κ2) is 6.46. The highest BCUT2D eigenvalue weighted by molar-refractivity contribution is 7.99. The SMILES string of the molecule is CCc1ccc(C(CN)C2CCSCC2)cc1. The third-order valence-corrected chi connectivity index (χ3v) is 4.95. The minimum Gasteiger partial charge on any atom is -0.330 e. The summed E-state index contributed by atoms with van der Waals surface area (Å²) in [5.41, 5.74) is 8.87. The first-order valence-electron chi connectivity index (χ1n) is 6.71. The first-order valence-corrected chi connectivity index (χ1v) is 7.87. The predicted octanol–water partition coefficient (Wildman–Crippen LogP) is 3.43. The number of nitrogens with two attached hydrogens (primary N) is 1. The van der Waals surface area contributed by atoms with Gasteiger partial charge >= 0.3 is 0 Å². The smallest absolute Gasteiger partial charge is 0.000555 e. The summed E-state index contributed by atoms with van der Waals surface area (Å²) in [5.74, 6) is 4.00. The van der Waals surface area contributed by atoms with E-state index in [4.69, 9.17) is 5.73 Å². The lowest BCUT2D eigenvalue weighted by atomic mass is 9.82. The van der Waals surface area contributed by atoms with Crippen LogP contribution in [0.1, 0.15) is 36.8 Å². The number of hydrogen-bond donors (Lipinski definition) is 1. The van der Waals surface area contributed by atoms with E-state index < -0.39 is 0 Å². The summed E-state index contributed by atoms with van der Waals surface area (Å²) in [4.78, 5) is 0. The van der Waals surface area contributed by atoms with Crippen LogP contribution in [0.3, 0.4) is 0 Å². The highest BCUT2D eigenvalue weighted by Crippen LogP contribution is 2.34. The van der Waals surface area contributed by atoms with E-state index in [-0.39, 0.29) is 0 Å². The molecule has 0 amide bonds. The van der Waals surface area contributed by atoms with Gasteiger partial charge in [0.2, 0.25) is 0 Å². The molecule has 0 spiro atoms. The van der Waals surface area contributed by atoms with Gasteiger partial charge < -0.3 is 5.73 Å². The molecule has 1 aliphatic rings. The molecule has 94 valence electrons. The van der Waals surface area contributed by atoms with E-state index in [9.17, 15) is 0 Å². The first kappa shape index (κ1) is 13.0. The van der Waals surface area contributed by atoms with E-state index in [1.807, 2.05) is 0 Å². The maximum absolute atomic E-state index is 6.00. The Morgan fingerprint density at radius 3 is 2.41 bits per heavy atom. The molecule has 2 rings (SSSR count). The zero-order valence-electron chi connectivity index (χ0n) is 10.7. The number of aryl methyl sites for hydroxylation is 1. The summed E-state index contributed by atoms with van der Waals surface area (Å²) in [6.45, 7) is 2.99. The predicted molar refractivity (Wildman–Crippen MR) is 77.7 cm³/mol. The lowest BCUT2D eigenvalue weighted by molar-refractivity contribution is 0.401. The monoisotopic (exact) mass is 249 g/mol. The molecular weight excluding hydrogens is 226 g/mol. The Kier molecular flexibility index (Phi) is 4.93. The Balaban J connectivity index is 2.10. The molecule has 1 atom stereocenters. The number of benzene rings is 1. The van der Waals surface area contributed by atoms with Crippen LogP contribution < -0.4 is 5.73 Å². The van der Waals surface area contributed by atoms with E-state index in [1.54, 1.807) is 0 Å². The van der Waals surface area contributed by atoms with Gasteiger partial charge in [0.25, 0.3) is 0 Å². The van der Waals surface area contributed by atoms with Crippen molar-refractivity contribution in [1.82, 2.24) is 0 Å². The van der Waals surface area contributed by atoms with Crippen LogP contribution in [0, 0.1) is 5.92 Å². The highest BCUT2D eigenvalue weighted by Gasteiger charge is 2.23. The van der Waals surface area contributed by atoms with Gasteiger partial charge in [0.05, 0.1) is 0 Å². The summed E-state index contributed by atoms with van der Waals surface area (Å²) in [6.07, 6.45) is 3.79. The summed E-state index contributed by atoms with van der Waals surface area (Å²) >= 11 is 2.09. The normalized spacial score (nSPS) is 19.2. The molecular formula is C15H23NS. The molecule has 1 fully saturated rings. The average Bonchev–Trinajstić information content (AvgIpc) is 2.42. The zero-order valence-corrected chi connectivity index (χ0v) is 11.5. The maximum Gasteiger partial charge on any atom is -0.000555 e. The third kappa shape index (κ3) is 3.26. The fraction of sp³-hybridized carbons (Fsp3) is 0.600. The topological polar surface area (TPSA) is 26.0 Å². The fourth-order valence-electron chi connectivity index (χ4n) is 2.72. The van der Waals surface area contributed by atoms with Crippen LogP contribution in [0.25, 0.3) is 0 Å². The molecule has 1 aliphatic heterocycles. The molecule has 0 saturated carbocycles. The summed E-state index contributed by atoms with van der Waals surface area (Å²) in [5, 5.41) is 0. The Bertz CT molecular complexity index is 327. The van der Waals surface area contributed by atoms with Crippen LogP contribution in [0.4, 0.5) is 0 Å². The van der Waals surface area contributed by atoms with E-state index in [1.165, 1.54) is 35.5 Å². The van der Waals surface area contributed by atoms with Gasteiger partial charge in [-0.2, -0.15) is 11.8 Å². The number of thioether (sulfide) groups is 1. The molecule has 1 unspecified atom stereocenters. The van der Waals surface area contributed by atoms with Crippen molar-refractivity contribution in [2.45, 2.75) is 32.1 Å². The lowest BCUT2D eigenvalue weighted by Crippen LogP contribution is -2.24. The number of hydrogen-bond acceptors (Lipinski definition) is 2. The van der Waals surface area contributed by atoms with Gasteiger partial charge in [0, 0.05) is 0 Å². The molecule has 0 aliphatic carbocycles. The molecule has 17 heavy (non-hydrogen) atoms. The van der Waals surface area contributed by atoms with Crippen molar-refractivity contribution in [3.05, 3.63) is 35.4 Å². The van der Waals surface area contributed by atoms with Crippen LogP contribution in [-0.2, 0) is 6.42 Å². The summed E-state index contributed by atoms with van der Waals surface area (Å²) in [6, 6.07) is 9.10. The van der Waals surface area contributed by atoms with Crippen LogP contribution >= 0.6 is 11.8 Å². The number of rotatable bonds is 4. The second-order valence-electron chi connectivity index (χ2n) is 4.89. The zero-order chi connectivity index (χ0) is 12.1. The standard InChI is InChI=1S/C15H23NS/c1-2-12-3-5-13(6-4-12)15(11-16)14-7-9-17-10-8-14/h3-6,14-15H,2,7-11,16H2,1H3. The highest BCUT2D eigenvalue weighted by atomic mass is 32.2. The van der Waals surface area contributed by atoms with Crippen molar-refractivity contribution < 1.29 is 0 Å². The van der Waals surface area contributed by atoms with Gasteiger partial charge in [-0.05, 0) is 60.3 Å². The van der Waals surface area contributed by atoms with Crippen LogP contribution in [-0.4, -0.2) is 18.1 Å². The van der Waals surface area contributed by atoms with Gasteiger partial charge in [0.1, 0.15) is 0 Å². The van der Waals surface area contributed by atoms with Crippen molar-refractivity contribution >= 4 is 11.8 Å². The minimum atomic E-state index is 0.571. The largest absolute Gasteiger partial charge is 0.330 e. The molecule has 1 nitrogen and oxygen atoms in total. The summed E-state index contributed by atoms with van der Waals surface area (Å²) in [7, 11) is 0. The van der Waals surface area contributed by atoms with Crippen LogP contribution in [0.5, 0.6) is 0 Å². The third-order valence-electron chi connectivity index (χ3n) is 3.91. The summed E-state index contributed by atoms with van der Waals surface area (Å²) < 4.78 is 0. The molecule has 1 heterocycles. The Labute approximate surface area is 109 Å². The van der Waals surface area contributed by atoms with Crippen molar-refractivity contribution in [3.8, 4) is 0 Å². The van der Waals surface area contributed by atoms with Crippen LogP contribution in [0.2, 0.25) is 0 Å². The Morgan fingerprint density at radius 2 is 1.88 bits per heavy atom. The fourth-order valence-corrected chi connectivity index (χ4v) is 3.86. The van der Waals surface area contributed by atoms with Crippen molar-refractivity contribution in [2.24, 2.45) is 11.7 Å². The van der Waals surface area contributed by atoms with Gasteiger partial charge in [0.15, 0.2) is 0 Å². The van der Waals surface area contributed by atoms with Crippen molar-refractivity contribution in [2.75, 3.05) is 18.1 Å². The minimum absolute atomic E-state index is 0.571. The Morgan fingerprint density at radius 1 is 1.24 bits per heavy atom.